The number of nitrogens with two attached hydrogens (primary N) is 1. The van der Waals surface area contributed by atoms with E-state index in [1.54, 1.807) is 30.6 Å². The number of aliphatic hydroxyl groups is 1. The number of sulfonamides is 1. The molecule has 0 amide bonds. The quantitative estimate of drug-likeness (QED) is 0.321. The number of alkyl halides is 3. The maximum absolute atomic E-state index is 13.4. The summed E-state index contributed by atoms with van der Waals surface area (Å²) in [4.78, 5) is 23.1. The second kappa shape index (κ2) is 11.2. The number of thiazole rings is 1. The second-order valence-electron chi connectivity index (χ2n) is 10.0. The first-order chi connectivity index (χ1) is 19.1. The lowest BCUT2D eigenvalue weighted by Crippen LogP contribution is -2.63. The molecule has 2 saturated heterocycles. The zero-order valence-corrected chi connectivity index (χ0v) is 23.7. The number of halogens is 3. The van der Waals surface area contributed by atoms with Crippen LogP contribution in [0.25, 0.3) is 21.8 Å². The maximum Gasteiger partial charge on any atom is 0.490 e. The molecule has 2 bridgehead atoms. The second-order valence-corrected chi connectivity index (χ2v) is 12.9. The van der Waals surface area contributed by atoms with Crippen LogP contribution in [0.5, 0.6) is 0 Å². The summed E-state index contributed by atoms with van der Waals surface area (Å²) in [5.74, 6) is -2.46. The topological polar surface area (TPSA) is 178 Å². The molecule has 0 radical (unpaired) electrons. The van der Waals surface area contributed by atoms with Gasteiger partial charge in [0, 0.05) is 11.8 Å². The van der Waals surface area contributed by atoms with Crippen molar-refractivity contribution in [2.75, 3.05) is 18.9 Å². The van der Waals surface area contributed by atoms with E-state index in [1.165, 1.54) is 11.3 Å². The highest BCUT2D eigenvalue weighted by Gasteiger charge is 2.51. The predicted molar refractivity (Wildman–Crippen MR) is 143 cm³/mol. The van der Waals surface area contributed by atoms with Gasteiger partial charge in [-0.15, -0.1) is 11.3 Å². The van der Waals surface area contributed by atoms with Crippen molar-refractivity contribution >= 4 is 33.1 Å². The summed E-state index contributed by atoms with van der Waals surface area (Å²) in [7, 11) is -3.82. The van der Waals surface area contributed by atoms with Gasteiger partial charge >= 0.3 is 12.1 Å². The number of ether oxygens (including phenoxy) is 1. The van der Waals surface area contributed by atoms with Gasteiger partial charge in [-0.05, 0) is 57.2 Å². The van der Waals surface area contributed by atoms with Crippen molar-refractivity contribution in [3.05, 3.63) is 41.2 Å². The van der Waals surface area contributed by atoms with Crippen molar-refractivity contribution in [2.24, 2.45) is 0 Å². The molecule has 16 heteroatoms. The van der Waals surface area contributed by atoms with Gasteiger partial charge in [0.05, 0.1) is 51.0 Å². The van der Waals surface area contributed by atoms with Crippen LogP contribution >= 0.6 is 11.3 Å². The minimum absolute atomic E-state index is 0.0388. The molecule has 6 rings (SSSR count). The molecule has 3 aromatic rings. The van der Waals surface area contributed by atoms with Crippen molar-refractivity contribution in [3.8, 4) is 21.8 Å². The summed E-state index contributed by atoms with van der Waals surface area (Å²) in [6.07, 6.45) is 0.711. The Morgan fingerprint density at radius 2 is 1.83 bits per heavy atom. The molecule has 2 aliphatic heterocycles. The first-order valence-electron chi connectivity index (χ1n) is 12.3. The van der Waals surface area contributed by atoms with Crippen molar-refractivity contribution < 1.29 is 41.3 Å². The maximum atomic E-state index is 13.4. The van der Waals surface area contributed by atoms with Crippen LogP contribution in [0, 0.1) is 13.8 Å². The minimum Gasteiger partial charge on any atom is -0.475 e. The number of benzene rings is 1. The zero-order valence-electron chi connectivity index (χ0n) is 22.0. The van der Waals surface area contributed by atoms with Crippen molar-refractivity contribution in [1.82, 2.24) is 19.7 Å². The van der Waals surface area contributed by atoms with Crippen LogP contribution < -0.4 is 10.5 Å². The Morgan fingerprint density at radius 1 is 1.17 bits per heavy atom. The molecule has 4 heterocycles. The summed E-state index contributed by atoms with van der Waals surface area (Å²) in [6.45, 7) is 4.02. The molecule has 0 spiro atoms. The lowest BCUT2D eigenvalue weighted by Gasteiger charge is -2.52. The van der Waals surface area contributed by atoms with Gasteiger partial charge in [0.25, 0.3) is 0 Å². The average Bonchev–Trinajstić information content (AvgIpc) is 3.35. The van der Waals surface area contributed by atoms with E-state index in [1.807, 2.05) is 13.8 Å². The fourth-order valence-electron chi connectivity index (χ4n) is 4.67. The molecule has 1 aliphatic carbocycles. The summed E-state index contributed by atoms with van der Waals surface area (Å²) < 4.78 is 67.3. The SMILES string of the molecule is Cc1ncc(-c2nc(-c3cc(S(=O)(=O)NC45CCC(CO)(CC4)OC5)ccc3C)cnc2N)s1.O=C(O)C(F)(F)F. The average molecular weight is 616 g/mol. The number of rotatable bonds is 6. The number of fused-ring (bicyclic) bond motifs is 3. The van der Waals surface area contributed by atoms with Gasteiger partial charge in [-0.25, -0.2) is 32.9 Å². The number of hydrogen-bond acceptors (Lipinski definition) is 10. The van der Waals surface area contributed by atoms with Crippen LogP contribution in [0.2, 0.25) is 0 Å². The summed E-state index contributed by atoms with van der Waals surface area (Å²) in [6, 6.07) is 4.99. The van der Waals surface area contributed by atoms with Crippen LogP contribution in [0.3, 0.4) is 0 Å². The van der Waals surface area contributed by atoms with Gasteiger partial charge in [-0.1, -0.05) is 6.07 Å². The number of carboxylic acid groups (broad SMARTS) is 1. The van der Waals surface area contributed by atoms with Gasteiger partial charge in [0.1, 0.15) is 5.69 Å². The predicted octanol–water partition coefficient (Wildman–Crippen LogP) is 3.45. The van der Waals surface area contributed by atoms with E-state index in [4.69, 9.17) is 25.4 Å². The molecule has 11 nitrogen and oxygen atoms in total. The normalized spacial score (nSPS) is 22.2. The number of nitrogens with zero attached hydrogens (tertiary/aromatic N) is 3. The van der Waals surface area contributed by atoms with Gasteiger partial charge < -0.3 is 20.7 Å². The van der Waals surface area contributed by atoms with Crippen LogP contribution in [0.4, 0.5) is 19.0 Å². The van der Waals surface area contributed by atoms with Crippen LogP contribution in [-0.2, 0) is 19.6 Å². The van der Waals surface area contributed by atoms with Crippen LogP contribution in [-0.4, -0.2) is 70.1 Å². The Hall–Kier alpha value is -3.18. The monoisotopic (exact) mass is 615 g/mol. The lowest BCUT2D eigenvalue weighted by atomic mass is 9.72. The number of aromatic nitrogens is 3. The van der Waals surface area contributed by atoms with Gasteiger partial charge in [0.2, 0.25) is 10.0 Å². The standard InChI is InChI=1S/C23H27N5O4S2.C2HF3O2/c1-14-3-4-16(34(30,31)28-22-5-7-23(12-29,8-6-22)32-13-22)9-17(14)18-10-26-21(24)20(27-18)19-11-25-15(2)33-19;3-2(4,5)1(6)7/h3-4,9-11,28-29H,5-8,12-13H2,1-2H3,(H2,24,26);(H,6,7). The number of aliphatic carboxylic acids is 1. The van der Waals surface area contributed by atoms with Crippen molar-refractivity contribution in [2.45, 2.75) is 61.7 Å². The molecular formula is C25H28F3N5O6S2. The highest BCUT2D eigenvalue weighted by atomic mass is 32.2. The molecule has 41 heavy (non-hydrogen) atoms. The molecule has 222 valence electrons. The molecule has 3 aliphatic rings. The lowest BCUT2D eigenvalue weighted by molar-refractivity contribution is -0.192. The summed E-state index contributed by atoms with van der Waals surface area (Å²) in [5, 5.41) is 17.7. The summed E-state index contributed by atoms with van der Waals surface area (Å²) >= 11 is 1.47. The van der Waals surface area contributed by atoms with E-state index in [0.717, 1.165) is 15.4 Å². The first kappa shape index (κ1) is 30.8. The van der Waals surface area contributed by atoms with E-state index in [-0.39, 0.29) is 18.1 Å². The molecular weight excluding hydrogens is 587 g/mol. The fourth-order valence-corrected chi connectivity index (χ4v) is 6.92. The van der Waals surface area contributed by atoms with Crippen LogP contribution in [0.15, 0.2) is 35.5 Å². The Morgan fingerprint density at radius 3 is 2.34 bits per heavy atom. The molecule has 1 saturated carbocycles. The number of carbonyl (C=O) groups is 1. The van der Waals surface area contributed by atoms with E-state index in [0.29, 0.717) is 48.5 Å². The number of carboxylic acids is 1. The minimum atomic E-state index is -5.08. The smallest absolute Gasteiger partial charge is 0.475 e. The third-order valence-electron chi connectivity index (χ3n) is 7.11. The Kier molecular flexibility index (Phi) is 8.44. The zero-order chi connectivity index (χ0) is 30.2. The first-order valence-corrected chi connectivity index (χ1v) is 14.6. The molecule has 3 fully saturated rings. The van der Waals surface area contributed by atoms with E-state index >= 15 is 0 Å². The third kappa shape index (κ3) is 6.67. The Balaban J connectivity index is 0.000000493. The highest BCUT2D eigenvalue weighted by Crippen LogP contribution is 2.44. The third-order valence-corrected chi connectivity index (χ3v) is 9.60. The number of nitrogen functional groups attached to an aromatic ring is 1. The highest BCUT2D eigenvalue weighted by molar-refractivity contribution is 7.89. The largest absolute Gasteiger partial charge is 0.490 e. The number of hydrogen-bond donors (Lipinski definition) is 4. The summed E-state index contributed by atoms with van der Waals surface area (Å²) in [5.41, 5.74) is 7.50. The number of anilines is 1. The molecule has 0 atom stereocenters. The van der Waals surface area contributed by atoms with Gasteiger partial charge in [-0.2, -0.15) is 13.2 Å². The Labute approximate surface area is 237 Å². The van der Waals surface area contributed by atoms with E-state index < -0.39 is 33.3 Å². The van der Waals surface area contributed by atoms with Gasteiger partial charge in [-0.3, -0.25) is 0 Å². The number of aliphatic hydroxyl groups excluding tert-OH is 1. The Bertz CT molecular complexity index is 1540. The van der Waals surface area contributed by atoms with Crippen molar-refractivity contribution in [1.29, 1.82) is 0 Å². The van der Waals surface area contributed by atoms with Gasteiger partial charge in [0.15, 0.2) is 5.82 Å². The number of nitrogens with one attached hydrogen (secondary N) is 1. The molecule has 1 aromatic carbocycles. The number of aryl methyl sites for hydroxylation is 2. The molecule has 0 unspecified atom stereocenters. The molecule has 2 aromatic heterocycles. The fraction of sp³-hybridized carbons (Fsp3) is 0.440. The van der Waals surface area contributed by atoms with E-state index in [9.17, 15) is 26.7 Å². The van der Waals surface area contributed by atoms with Crippen molar-refractivity contribution in [3.63, 3.8) is 0 Å². The van der Waals surface area contributed by atoms with Crippen LogP contribution in [0.1, 0.15) is 36.3 Å². The van der Waals surface area contributed by atoms with E-state index in [2.05, 4.69) is 14.7 Å². The molecule has 5 N–H and O–H groups in total.